The van der Waals surface area contributed by atoms with E-state index in [2.05, 4.69) is 5.32 Å². The number of hydrogen-bond donors (Lipinski definition) is 1. The third kappa shape index (κ3) is 4.64. The molecule has 7 heteroatoms. The Kier molecular flexibility index (Phi) is 6.37. The summed E-state index contributed by atoms with van der Waals surface area (Å²) in [5.41, 5.74) is 0.918. The van der Waals surface area contributed by atoms with Crippen molar-refractivity contribution in [3.05, 3.63) is 89.1 Å². The standard InChI is InChI=1S/C24H22ClFN2O3/c25-19-15-18(12-13-20(19)26)28(24(30)21-11-6-14-31-21)22(16-7-2-1-3-8-16)23(29)27-17-9-4-5-10-17/h1-3,6-8,11-15,17,22H,4-5,9-10H2,(H,27,29)/t22-/m0/s1. The van der Waals surface area contributed by atoms with E-state index in [4.69, 9.17) is 16.0 Å². The van der Waals surface area contributed by atoms with Crippen LogP contribution >= 0.6 is 11.6 Å². The summed E-state index contributed by atoms with van der Waals surface area (Å²) in [6.45, 7) is 0. The predicted molar refractivity (Wildman–Crippen MR) is 117 cm³/mol. The Labute approximate surface area is 184 Å². The van der Waals surface area contributed by atoms with Crippen molar-refractivity contribution in [3.8, 4) is 0 Å². The van der Waals surface area contributed by atoms with Crippen LogP contribution in [0.5, 0.6) is 0 Å². The van der Waals surface area contributed by atoms with E-state index in [0.717, 1.165) is 25.7 Å². The molecule has 160 valence electrons. The Balaban J connectivity index is 1.81. The molecule has 4 rings (SSSR count). The predicted octanol–water partition coefficient (Wildman–Crippen LogP) is 5.52. The second-order valence-corrected chi connectivity index (χ2v) is 7.96. The number of furan rings is 1. The van der Waals surface area contributed by atoms with Crippen LogP contribution in [-0.2, 0) is 4.79 Å². The monoisotopic (exact) mass is 440 g/mol. The highest BCUT2D eigenvalue weighted by Crippen LogP contribution is 2.33. The third-order valence-corrected chi connectivity index (χ3v) is 5.75. The molecule has 0 spiro atoms. The molecule has 0 saturated heterocycles. The number of anilines is 1. The summed E-state index contributed by atoms with van der Waals surface area (Å²) in [5.74, 6) is -1.38. The van der Waals surface area contributed by atoms with Crippen LogP contribution in [0.4, 0.5) is 10.1 Å². The Bertz CT molecular complexity index is 1050. The average molecular weight is 441 g/mol. The summed E-state index contributed by atoms with van der Waals surface area (Å²) < 4.78 is 19.2. The van der Waals surface area contributed by atoms with Crippen molar-refractivity contribution in [1.29, 1.82) is 0 Å². The van der Waals surface area contributed by atoms with Crippen molar-refractivity contribution in [2.24, 2.45) is 0 Å². The molecule has 1 aliphatic rings. The van der Waals surface area contributed by atoms with E-state index in [9.17, 15) is 14.0 Å². The maximum Gasteiger partial charge on any atom is 0.294 e. The molecule has 1 atom stereocenters. The van der Waals surface area contributed by atoms with E-state index >= 15 is 0 Å². The minimum Gasteiger partial charge on any atom is -0.459 e. The molecule has 2 aromatic carbocycles. The summed E-state index contributed by atoms with van der Waals surface area (Å²) in [4.78, 5) is 28.3. The average Bonchev–Trinajstić information content (AvgIpc) is 3.48. The summed E-state index contributed by atoms with van der Waals surface area (Å²) in [6, 6.07) is 15.2. The second-order valence-electron chi connectivity index (χ2n) is 7.55. The maximum atomic E-state index is 13.9. The van der Waals surface area contributed by atoms with Crippen molar-refractivity contribution in [1.82, 2.24) is 5.32 Å². The molecule has 1 heterocycles. The van der Waals surface area contributed by atoms with Crippen molar-refractivity contribution in [2.75, 3.05) is 4.90 Å². The van der Waals surface area contributed by atoms with Crippen LogP contribution in [0.2, 0.25) is 5.02 Å². The molecular weight excluding hydrogens is 419 g/mol. The fraction of sp³-hybridized carbons (Fsp3) is 0.250. The molecule has 1 fully saturated rings. The lowest BCUT2D eigenvalue weighted by atomic mass is 10.0. The topological polar surface area (TPSA) is 62.6 Å². The molecule has 0 radical (unpaired) electrons. The molecule has 2 amide bonds. The van der Waals surface area contributed by atoms with Crippen LogP contribution in [0.3, 0.4) is 0 Å². The fourth-order valence-corrected chi connectivity index (χ4v) is 4.12. The molecule has 1 aliphatic carbocycles. The summed E-state index contributed by atoms with van der Waals surface area (Å²) >= 11 is 6.02. The van der Waals surface area contributed by atoms with Crippen LogP contribution in [0, 0.1) is 5.82 Å². The van der Waals surface area contributed by atoms with E-state index in [0.29, 0.717) is 11.3 Å². The lowest BCUT2D eigenvalue weighted by Crippen LogP contribution is -2.46. The van der Waals surface area contributed by atoms with E-state index < -0.39 is 17.8 Å². The van der Waals surface area contributed by atoms with Gasteiger partial charge in [-0.2, -0.15) is 0 Å². The summed E-state index contributed by atoms with van der Waals surface area (Å²) in [5, 5.41) is 2.94. The molecule has 5 nitrogen and oxygen atoms in total. The number of nitrogens with one attached hydrogen (secondary N) is 1. The van der Waals surface area contributed by atoms with E-state index in [1.807, 2.05) is 6.07 Å². The first kappa shape index (κ1) is 21.1. The van der Waals surface area contributed by atoms with Gasteiger partial charge in [0.25, 0.3) is 5.91 Å². The number of nitrogens with zero attached hydrogens (tertiary/aromatic N) is 1. The second kappa shape index (κ2) is 9.35. The molecule has 0 unspecified atom stereocenters. The first-order valence-electron chi connectivity index (χ1n) is 10.2. The number of carbonyl (C=O) groups excluding carboxylic acids is 2. The van der Waals surface area contributed by atoms with Crippen molar-refractivity contribution >= 4 is 29.1 Å². The van der Waals surface area contributed by atoms with E-state index in [1.54, 1.807) is 30.3 Å². The van der Waals surface area contributed by atoms with Gasteiger partial charge < -0.3 is 9.73 Å². The van der Waals surface area contributed by atoms with Gasteiger partial charge in [-0.3, -0.25) is 14.5 Å². The van der Waals surface area contributed by atoms with E-state index in [-0.39, 0.29) is 22.7 Å². The van der Waals surface area contributed by atoms with Crippen molar-refractivity contribution in [3.63, 3.8) is 0 Å². The molecule has 0 bridgehead atoms. The number of benzene rings is 2. The van der Waals surface area contributed by atoms with Gasteiger partial charge in [-0.05, 0) is 48.7 Å². The van der Waals surface area contributed by atoms with Crippen LogP contribution in [0.1, 0.15) is 47.8 Å². The fourth-order valence-electron chi connectivity index (χ4n) is 3.94. The Morgan fingerprint density at radius 2 is 1.81 bits per heavy atom. The van der Waals surface area contributed by atoms with Gasteiger partial charge in [-0.1, -0.05) is 54.8 Å². The zero-order valence-corrected chi connectivity index (χ0v) is 17.5. The van der Waals surface area contributed by atoms with Gasteiger partial charge in [-0.25, -0.2) is 4.39 Å². The first-order valence-corrected chi connectivity index (χ1v) is 10.6. The Morgan fingerprint density at radius 1 is 1.06 bits per heavy atom. The summed E-state index contributed by atoms with van der Waals surface area (Å²) in [6.07, 6.45) is 5.32. The van der Waals surface area contributed by atoms with Gasteiger partial charge in [0, 0.05) is 11.7 Å². The van der Waals surface area contributed by atoms with Gasteiger partial charge in [0.1, 0.15) is 11.9 Å². The molecule has 1 N–H and O–H groups in total. The van der Waals surface area contributed by atoms with Gasteiger partial charge >= 0.3 is 0 Å². The van der Waals surface area contributed by atoms with Crippen molar-refractivity contribution < 1.29 is 18.4 Å². The summed E-state index contributed by atoms with van der Waals surface area (Å²) in [7, 11) is 0. The molecule has 1 aromatic heterocycles. The van der Waals surface area contributed by atoms with Gasteiger partial charge in [-0.15, -0.1) is 0 Å². The van der Waals surface area contributed by atoms with Crippen LogP contribution in [0.25, 0.3) is 0 Å². The first-order chi connectivity index (χ1) is 15.0. The number of hydrogen-bond acceptors (Lipinski definition) is 3. The third-order valence-electron chi connectivity index (χ3n) is 5.46. The molecule has 1 saturated carbocycles. The number of amides is 2. The molecule has 0 aliphatic heterocycles. The van der Waals surface area contributed by atoms with Crippen LogP contribution in [-0.4, -0.2) is 17.9 Å². The Hall–Kier alpha value is -3.12. The van der Waals surface area contributed by atoms with Gasteiger partial charge in [0.2, 0.25) is 5.91 Å². The lowest BCUT2D eigenvalue weighted by molar-refractivity contribution is -0.123. The minimum atomic E-state index is -0.985. The zero-order valence-electron chi connectivity index (χ0n) is 16.8. The maximum absolute atomic E-state index is 13.9. The van der Waals surface area contributed by atoms with Crippen molar-refractivity contribution in [2.45, 2.75) is 37.8 Å². The highest BCUT2D eigenvalue weighted by atomic mass is 35.5. The quantitative estimate of drug-likeness (QED) is 0.549. The SMILES string of the molecule is O=C(NC1CCCC1)[C@H](c1ccccc1)N(C(=O)c1ccco1)c1ccc(F)c(Cl)c1. The number of carbonyl (C=O) groups is 2. The number of halogens is 2. The zero-order chi connectivity index (χ0) is 21.8. The normalized spacial score (nSPS) is 14.9. The van der Waals surface area contributed by atoms with Crippen LogP contribution in [0.15, 0.2) is 71.3 Å². The van der Waals surface area contributed by atoms with Crippen LogP contribution < -0.4 is 10.2 Å². The largest absolute Gasteiger partial charge is 0.459 e. The molecule has 3 aromatic rings. The number of rotatable bonds is 6. The molecular formula is C24H22ClFN2O3. The highest BCUT2D eigenvalue weighted by molar-refractivity contribution is 6.31. The molecule has 31 heavy (non-hydrogen) atoms. The highest BCUT2D eigenvalue weighted by Gasteiger charge is 2.36. The smallest absolute Gasteiger partial charge is 0.294 e. The van der Waals surface area contributed by atoms with Gasteiger partial charge in [0.05, 0.1) is 11.3 Å². The minimum absolute atomic E-state index is 0.0649. The Morgan fingerprint density at radius 3 is 2.45 bits per heavy atom. The van der Waals surface area contributed by atoms with E-state index in [1.165, 1.54) is 35.4 Å². The van der Waals surface area contributed by atoms with Gasteiger partial charge in [0.15, 0.2) is 5.76 Å². The lowest BCUT2D eigenvalue weighted by Gasteiger charge is -2.32.